The predicted octanol–water partition coefficient (Wildman–Crippen LogP) is 12.2. The number of aromatic nitrogens is 3. The Morgan fingerprint density at radius 2 is 1.26 bits per heavy atom. The third-order valence-electron chi connectivity index (χ3n) is 9.86. The van der Waals surface area contributed by atoms with Crippen LogP contribution in [0.15, 0.2) is 180 Å². The Hall–Kier alpha value is -6.55. The third-order valence-corrected chi connectivity index (χ3v) is 9.86. The summed E-state index contributed by atoms with van der Waals surface area (Å²) in [5.74, 6) is 0.673. The van der Waals surface area contributed by atoms with Gasteiger partial charge in [0.25, 0.3) is 0 Å². The number of phenolic OH excluding ortho intramolecular Hbond substituents is 1. The standard InChI is InChI=1S/C48H30N3O2.Pt/c52-43-24-23-40-39-19-10-11-22-44(39)53-47(40)45(43)48-50-46-38(20-12-21-42(46)51(48)37-17-8-3-9-18-37)35-27-34(32-15-6-2-7-16-32)28-36(29-35)41-30-33(25-26-49-41)31-13-4-1-5-14-31;/h1-28,30,52H;/q-1;. The van der Waals surface area contributed by atoms with Crippen LogP contribution in [0.4, 0.5) is 0 Å². The van der Waals surface area contributed by atoms with Crippen molar-refractivity contribution in [2.75, 3.05) is 0 Å². The zero-order chi connectivity index (χ0) is 35.3. The first-order chi connectivity index (χ1) is 26.2. The van der Waals surface area contributed by atoms with E-state index in [-0.39, 0.29) is 26.8 Å². The number of fused-ring (bicyclic) bond motifs is 4. The van der Waals surface area contributed by atoms with Crippen LogP contribution in [-0.4, -0.2) is 19.6 Å². The van der Waals surface area contributed by atoms with E-state index in [2.05, 4.69) is 95.6 Å². The van der Waals surface area contributed by atoms with Crippen molar-refractivity contribution in [1.29, 1.82) is 0 Å². The fraction of sp³-hybridized carbons (Fsp3) is 0. The van der Waals surface area contributed by atoms with Crippen molar-refractivity contribution in [2.45, 2.75) is 0 Å². The summed E-state index contributed by atoms with van der Waals surface area (Å²) in [6.45, 7) is 0. The molecule has 0 aliphatic heterocycles. The van der Waals surface area contributed by atoms with Crippen LogP contribution in [0.1, 0.15) is 0 Å². The number of benzene rings is 7. The monoisotopic (exact) mass is 875 g/mol. The molecule has 0 radical (unpaired) electrons. The van der Waals surface area contributed by atoms with E-state index in [1.54, 1.807) is 6.07 Å². The Kier molecular flexibility index (Phi) is 8.49. The summed E-state index contributed by atoms with van der Waals surface area (Å²) in [4.78, 5) is 10.2. The van der Waals surface area contributed by atoms with Crippen molar-refractivity contribution in [3.8, 4) is 67.5 Å². The average molecular weight is 876 g/mol. The summed E-state index contributed by atoms with van der Waals surface area (Å²) in [7, 11) is 0. The molecule has 54 heavy (non-hydrogen) atoms. The van der Waals surface area contributed by atoms with E-state index >= 15 is 0 Å². The van der Waals surface area contributed by atoms with Gasteiger partial charge in [0.2, 0.25) is 0 Å². The summed E-state index contributed by atoms with van der Waals surface area (Å²) in [5.41, 5.74) is 12.3. The Balaban J connectivity index is 0.00000384. The van der Waals surface area contributed by atoms with Crippen LogP contribution in [0.2, 0.25) is 0 Å². The second-order valence-electron chi connectivity index (χ2n) is 13.1. The zero-order valence-corrected chi connectivity index (χ0v) is 31.0. The van der Waals surface area contributed by atoms with Gasteiger partial charge in [-0.2, -0.15) is 0 Å². The largest absolute Gasteiger partial charge is 0.507 e. The van der Waals surface area contributed by atoms with E-state index in [9.17, 15) is 5.11 Å². The molecule has 3 heterocycles. The van der Waals surface area contributed by atoms with Crippen molar-refractivity contribution in [3.05, 3.63) is 182 Å². The van der Waals surface area contributed by atoms with Gasteiger partial charge in [0.05, 0.1) is 11.0 Å². The second kappa shape index (κ2) is 13.8. The minimum Gasteiger partial charge on any atom is -0.507 e. The second-order valence-corrected chi connectivity index (χ2v) is 13.1. The van der Waals surface area contributed by atoms with E-state index in [1.165, 1.54) is 0 Å². The van der Waals surface area contributed by atoms with Crippen LogP contribution in [0.25, 0.3) is 94.7 Å². The smallest absolute Gasteiger partial charge is 0.152 e. The normalized spacial score (nSPS) is 11.3. The molecule has 0 spiro atoms. The Bertz CT molecular complexity index is 2950. The van der Waals surface area contributed by atoms with Crippen molar-refractivity contribution >= 4 is 33.0 Å². The quantitative estimate of drug-likeness (QED) is 0.169. The van der Waals surface area contributed by atoms with Gasteiger partial charge in [-0.05, 0) is 59.2 Å². The van der Waals surface area contributed by atoms with Gasteiger partial charge in [0, 0.05) is 49.4 Å². The Morgan fingerprint density at radius 1 is 0.574 bits per heavy atom. The summed E-state index contributed by atoms with van der Waals surface area (Å²) in [6.07, 6.45) is 1.86. The maximum Gasteiger partial charge on any atom is 0.152 e. The molecule has 10 rings (SSSR count). The molecule has 0 amide bonds. The van der Waals surface area contributed by atoms with Crippen LogP contribution >= 0.6 is 0 Å². The molecule has 7 aromatic carbocycles. The van der Waals surface area contributed by atoms with E-state index in [0.29, 0.717) is 17.0 Å². The first-order valence-corrected chi connectivity index (χ1v) is 17.5. The van der Waals surface area contributed by atoms with Crippen molar-refractivity contribution in [1.82, 2.24) is 14.5 Å². The van der Waals surface area contributed by atoms with Gasteiger partial charge in [0.1, 0.15) is 22.5 Å². The predicted molar refractivity (Wildman–Crippen MR) is 214 cm³/mol. The maximum absolute atomic E-state index is 11.6. The fourth-order valence-electron chi connectivity index (χ4n) is 7.36. The number of phenols is 1. The molecule has 5 nitrogen and oxygen atoms in total. The number of imidazole rings is 1. The molecule has 0 saturated carbocycles. The molecule has 0 fully saturated rings. The first-order valence-electron chi connectivity index (χ1n) is 17.5. The average Bonchev–Trinajstić information content (AvgIpc) is 3.80. The Morgan fingerprint density at radius 3 is 2.04 bits per heavy atom. The van der Waals surface area contributed by atoms with Crippen molar-refractivity contribution in [3.63, 3.8) is 0 Å². The number of hydrogen-bond acceptors (Lipinski definition) is 4. The molecule has 3 aromatic heterocycles. The third kappa shape index (κ3) is 5.71. The number of para-hydroxylation sites is 3. The zero-order valence-electron chi connectivity index (χ0n) is 28.8. The molecule has 260 valence electrons. The number of hydrogen-bond donors (Lipinski definition) is 1. The maximum atomic E-state index is 11.6. The molecule has 1 N–H and O–H groups in total. The fourth-order valence-corrected chi connectivity index (χ4v) is 7.36. The van der Waals surface area contributed by atoms with Crippen LogP contribution in [-0.2, 0) is 21.1 Å². The van der Waals surface area contributed by atoms with Gasteiger partial charge in [-0.15, -0.1) is 23.8 Å². The van der Waals surface area contributed by atoms with E-state index < -0.39 is 0 Å². The number of pyridine rings is 1. The van der Waals surface area contributed by atoms with Crippen molar-refractivity contribution < 1.29 is 30.6 Å². The minimum absolute atomic E-state index is 0. The molecule has 10 aromatic rings. The molecule has 6 heteroatoms. The van der Waals surface area contributed by atoms with Gasteiger partial charge in [-0.1, -0.05) is 132 Å². The van der Waals surface area contributed by atoms with E-state index in [1.807, 2.05) is 85.1 Å². The van der Waals surface area contributed by atoms with E-state index in [0.717, 1.165) is 77.7 Å². The van der Waals surface area contributed by atoms with Crippen molar-refractivity contribution in [2.24, 2.45) is 0 Å². The molecule has 0 saturated heterocycles. The summed E-state index contributed by atoms with van der Waals surface area (Å²) in [5, 5.41) is 13.5. The van der Waals surface area contributed by atoms with Gasteiger partial charge in [-0.3, -0.25) is 9.55 Å². The van der Waals surface area contributed by atoms with Gasteiger partial charge < -0.3 is 9.52 Å². The summed E-state index contributed by atoms with van der Waals surface area (Å²) >= 11 is 0. The molecular weight excluding hydrogens is 846 g/mol. The van der Waals surface area contributed by atoms with Crippen LogP contribution < -0.4 is 0 Å². The molecular formula is C48H30N3O2Pt-. The molecule has 0 unspecified atom stereocenters. The molecule has 0 atom stereocenters. The molecule has 0 aliphatic carbocycles. The number of furan rings is 1. The Labute approximate surface area is 326 Å². The number of rotatable bonds is 6. The van der Waals surface area contributed by atoms with Gasteiger partial charge in [-0.25, -0.2) is 4.98 Å². The van der Waals surface area contributed by atoms with Crippen LogP contribution in [0, 0.1) is 6.07 Å². The first kappa shape index (κ1) is 33.3. The van der Waals surface area contributed by atoms with Crippen LogP contribution in [0.3, 0.4) is 0 Å². The molecule has 0 aliphatic rings. The molecule has 0 bridgehead atoms. The summed E-state index contributed by atoms with van der Waals surface area (Å²) in [6, 6.07) is 60.9. The number of aromatic hydroxyl groups is 1. The van der Waals surface area contributed by atoms with Gasteiger partial charge >= 0.3 is 0 Å². The minimum atomic E-state index is 0. The van der Waals surface area contributed by atoms with E-state index in [4.69, 9.17) is 14.4 Å². The van der Waals surface area contributed by atoms with Gasteiger partial charge in [0.15, 0.2) is 5.82 Å². The number of nitrogens with zero attached hydrogens (tertiary/aromatic N) is 3. The summed E-state index contributed by atoms with van der Waals surface area (Å²) < 4.78 is 8.57. The SMILES string of the molecule is Oc1ccc2c(oc3ccccc32)c1-c1nc2c(-c3[c-]c(-c4cc(-c5ccccc5)ccn4)cc(-c4ccccc4)c3)cccc2n1-c1ccccc1.[Pt]. The van der Waals surface area contributed by atoms with Crippen LogP contribution in [0.5, 0.6) is 5.75 Å². The topological polar surface area (TPSA) is 64.1 Å².